The third-order valence-corrected chi connectivity index (χ3v) is 4.16. The summed E-state index contributed by atoms with van der Waals surface area (Å²) < 4.78 is 5.43. The number of nitrogens with zero attached hydrogens (tertiary/aromatic N) is 3. The van der Waals surface area contributed by atoms with Crippen LogP contribution in [0.15, 0.2) is 4.52 Å². The van der Waals surface area contributed by atoms with E-state index in [1.165, 1.54) is 6.42 Å². The summed E-state index contributed by atoms with van der Waals surface area (Å²) in [5.41, 5.74) is 0. The van der Waals surface area contributed by atoms with Gasteiger partial charge in [-0.15, -0.1) is 0 Å². The minimum atomic E-state index is 0.318. The summed E-state index contributed by atoms with van der Waals surface area (Å²) in [6.07, 6.45) is 2.24. The fraction of sp³-hybridized carbons (Fsp3) is 0.846. The summed E-state index contributed by atoms with van der Waals surface area (Å²) in [5.74, 6) is 2.98. The number of rotatable bonds is 4. The first-order chi connectivity index (χ1) is 8.79. The maximum absolute atomic E-state index is 5.43. The Kier molecular flexibility index (Phi) is 3.35. The lowest BCUT2D eigenvalue weighted by Crippen LogP contribution is -2.45. The molecule has 0 spiro atoms. The van der Waals surface area contributed by atoms with Gasteiger partial charge in [0, 0.05) is 32.1 Å². The smallest absolute Gasteiger partial charge is 0.230 e. The molecule has 3 atom stereocenters. The van der Waals surface area contributed by atoms with Gasteiger partial charge in [0.2, 0.25) is 5.89 Å². The molecule has 5 nitrogen and oxygen atoms in total. The summed E-state index contributed by atoms with van der Waals surface area (Å²) in [6.45, 7) is 8.69. The zero-order valence-electron chi connectivity index (χ0n) is 11.2. The molecule has 2 fully saturated rings. The van der Waals surface area contributed by atoms with Gasteiger partial charge in [0.1, 0.15) is 0 Å². The van der Waals surface area contributed by atoms with Crippen molar-refractivity contribution in [3.05, 3.63) is 11.7 Å². The zero-order chi connectivity index (χ0) is 12.5. The molecule has 1 aromatic rings. The zero-order valence-corrected chi connectivity index (χ0v) is 11.2. The average molecular weight is 250 g/mol. The van der Waals surface area contributed by atoms with Crippen LogP contribution in [0.1, 0.15) is 50.4 Å². The molecular weight excluding hydrogens is 228 g/mol. The molecule has 18 heavy (non-hydrogen) atoms. The van der Waals surface area contributed by atoms with Crippen molar-refractivity contribution < 1.29 is 4.52 Å². The quantitative estimate of drug-likeness (QED) is 0.878. The topological polar surface area (TPSA) is 54.2 Å². The first-order valence-corrected chi connectivity index (χ1v) is 7.08. The summed E-state index contributed by atoms with van der Waals surface area (Å²) in [7, 11) is 0. The molecule has 0 amide bonds. The molecule has 2 aliphatic rings. The average Bonchev–Trinajstić information content (AvgIpc) is 2.94. The van der Waals surface area contributed by atoms with Gasteiger partial charge in [-0.1, -0.05) is 19.0 Å². The van der Waals surface area contributed by atoms with Crippen molar-refractivity contribution in [1.82, 2.24) is 20.4 Å². The van der Waals surface area contributed by atoms with Crippen LogP contribution in [0.2, 0.25) is 0 Å². The van der Waals surface area contributed by atoms with Gasteiger partial charge in [0.15, 0.2) is 5.82 Å². The highest BCUT2D eigenvalue weighted by molar-refractivity contribution is 5.07. The highest BCUT2D eigenvalue weighted by Crippen LogP contribution is 2.46. The Balaban J connectivity index is 1.72. The number of aromatic nitrogens is 2. The predicted octanol–water partition coefficient (Wildman–Crippen LogP) is 1.55. The van der Waals surface area contributed by atoms with Crippen molar-refractivity contribution in [3.8, 4) is 0 Å². The van der Waals surface area contributed by atoms with Crippen LogP contribution in [-0.2, 0) is 0 Å². The number of nitrogens with one attached hydrogen (secondary N) is 1. The lowest BCUT2D eigenvalue weighted by atomic mass is 10.1. The first kappa shape index (κ1) is 12.1. The van der Waals surface area contributed by atoms with E-state index in [1.807, 2.05) is 0 Å². The van der Waals surface area contributed by atoms with Crippen molar-refractivity contribution in [2.75, 3.05) is 26.2 Å². The maximum atomic E-state index is 5.43. The Bertz CT molecular complexity index is 399. The van der Waals surface area contributed by atoms with Crippen molar-refractivity contribution in [3.63, 3.8) is 0 Å². The van der Waals surface area contributed by atoms with Gasteiger partial charge in [-0.25, -0.2) is 0 Å². The fourth-order valence-corrected chi connectivity index (χ4v) is 2.80. The maximum Gasteiger partial charge on any atom is 0.230 e. The monoisotopic (exact) mass is 250 g/mol. The van der Waals surface area contributed by atoms with Crippen LogP contribution in [0, 0.1) is 5.92 Å². The number of hydrogen-bond acceptors (Lipinski definition) is 5. The van der Waals surface area contributed by atoms with Gasteiger partial charge in [-0.05, 0) is 18.8 Å². The molecule has 100 valence electrons. The van der Waals surface area contributed by atoms with Crippen molar-refractivity contribution in [1.29, 1.82) is 0 Å². The van der Waals surface area contributed by atoms with E-state index in [-0.39, 0.29) is 0 Å². The van der Waals surface area contributed by atoms with E-state index in [9.17, 15) is 0 Å². The highest BCUT2D eigenvalue weighted by Gasteiger charge is 2.39. The molecule has 1 aliphatic heterocycles. The standard InChI is InChI=1S/C13H22N4O/c1-3-11(17-6-4-14-5-7-17)12-15-13(18-16-12)10-8-9(10)2/h9-11,14H,3-8H2,1-2H3. The van der Waals surface area contributed by atoms with E-state index in [4.69, 9.17) is 4.52 Å². The Morgan fingerprint density at radius 3 is 2.78 bits per heavy atom. The summed E-state index contributed by atoms with van der Waals surface area (Å²) in [4.78, 5) is 7.09. The van der Waals surface area contributed by atoms with E-state index >= 15 is 0 Å². The van der Waals surface area contributed by atoms with E-state index in [1.54, 1.807) is 0 Å². The van der Waals surface area contributed by atoms with Gasteiger partial charge < -0.3 is 9.84 Å². The van der Waals surface area contributed by atoms with Crippen molar-refractivity contribution in [2.24, 2.45) is 5.92 Å². The largest absolute Gasteiger partial charge is 0.339 e. The van der Waals surface area contributed by atoms with Crippen LogP contribution in [0.3, 0.4) is 0 Å². The van der Waals surface area contributed by atoms with Crippen LogP contribution in [0.25, 0.3) is 0 Å². The molecule has 1 saturated carbocycles. The molecule has 5 heteroatoms. The van der Waals surface area contributed by atoms with E-state index in [0.717, 1.165) is 50.2 Å². The van der Waals surface area contributed by atoms with Gasteiger partial charge in [-0.3, -0.25) is 4.90 Å². The summed E-state index contributed by atoms with van der Waals surface area (Å²) in [5, 5.41) is 7.59. The Morgan fingerprint density at radius 2 is 2.17 bits per heavy atom. The van der Waals surface area contributed by atoms with Gasteiger partial charge in [0.05, 0.1) is 6.04 Å². The van der Waals surface area contributed by atoms with Crippen molar-refractivity contribution in [2.45, 2.75) is 38.6 Å². The summed E-state index contributed by atoms with van der Waals surface area (Å²) >= 11 is 0. The van der Waals surface area contributed by atoms with E-state index in [2.05, 4.69) is 34.2 Å². The molecule has 0 aromatic carbocycles. The molecule has 3 rings (SSSR count). The lowest BCUT2D eigenvalue weighted by molar-refractivity contribution is 0.160. The predicted molar refractivity (Wildman–Crippen MR) is 68.3 cm³/mol. The van der Waals surface area contributed by atoms with Crippen LogP contribution in [0.4, 0.5) is 0 Å². The van der Waals surface area contributed by atoms with Crippen LogP contribution >= 0.6 is 0 Å². The molecule has 2 heterocycles. The normalized spacial score (nSPS) is 30.3. The molecule has 3 unspecified atom stereocenters. The van der Waals surface area contributed by atoms with Gasteiger partial charge in [0.25, 0.3) is 0 Å². The van der Waals surface area contributed by atoms with Crippen LogP contribution < -0.4 is 5.32 Å². The molecule has 1 saturated heterocycles. The van der Waals surface area contributed by atoms with Crippen LogP contribution in [0.5, 0.6) is 0 Å². The summed E-state index contributed by atoms with van der Waals surface area (Å²) in [6, 6.07) is 0.318. The molecule has 1 aliphatic carbocycles. The highest BCUT2D eigenvalue weighted by atomic mass is 16.5. The van der Waals surface area contributed by atoms with Crippen molar-refractivity contribution >= 4 is 0 Å². The Morgan fingerprint density at radius 1 is 1.44 bits per heavy atom. The minimum absolute atomic E-state index is 0.318. The molecule has 0 bridgehead atoms. The third kappa shape index (κ3) is 2.29. The fourth-order valence-electron chi connectivity index (χ4n) is 2.80. The second-order valence-electron chi connectivity index (χ2n) is 5.52. The SMILES string of the molecule is CCC(c1noc(C2CC2C)n1)N1CCNCC1. The van der Waals surface area contributed by atoms with Crippen LogP contribution in [-0.4, -0.2) is 41.2 Å². The second kappa shape index (κ2) is 4.97. The molecule has 1 N–H and O–H groups in total. The Hall–Kier alpha value is -0.940. The molecule has 1 aromatic heterocycles. The Labute approximate surface area is 108 Å². The lowest BCUT2D eigenvalue weighted by Gasteiger charge is -2.32. The first-order valence-electron chi connectivity index (χ1n) is 7.08. The minimum Gasteiger partial charge on any atom is -0.339 e. The second-order valence-corrected chi connectivity index (χ2v) is 5.52. The third-order valence-electron chi connectivity index (χ3n) is 4.16. The van der Waals surface area contributed by atoms with Gasteiger partial charge in [-0.2, -0.15) is 4.98 Å². The van der Waals surface area contributed by atoms with Gasteiger partial charge >= 0.3 is 0 Å². The molecular formula is C13H22N4O. The number of hydrogen-bond donors (Lipinski definition) is 1. The van der Waals surface area contributed by atoms with E-state index < -0.39 is 0 Å². The molecule has 0 radical (unpaired) electrons. The van der Waals surface area contributed by atoms with E-state index in [0.29, 0.717) is 12.0 Å². The number of piperazine rings is 1.